The van der Waals surface area contributed by atoms with Crippen LogP contribution in [0.3, 0.4) is 0 Å². The topological polar surface area (TPSA) is 6.48 Å². The van der Waals surface area contributed by atoms with Crippen LogP contribution in [0.15, 0.2) is 30.3 Å². The first-order chi connectivity index (χ1) is 9.24. The molecular formula is C16H21ClN2. The van der Waals surface area contributed by atoms with Crippen molar-refractivity contribution >= 4 is 17.7 Å². The van der Waals surface area contributed by atoms with Crippen molar-refractivity contribution in [3.05, 3.63) is 40.9 Å². The van der Waals surface area contributed by atoms with Crippen molar-refractivity contribution in [3.8, 4) is 0 Å². The lowest BCUT2D eigenvalue weighted by molar-refractivity contribution is 0.0973. The monoisotopic (exact) mass is 276 g/mol. The van der Waals surface area contributed by atoms with Gasteiger partial charge in [-0.15, -0.1) is 0 Å². The van der Waals surface area contributed by atoms with Crippen LogP contribution in [0, 0.1) is 0 Å². The molecule has 0 saturated carbocycles. The van der Waals surface area contributed by atoms with E-state index in [9.17, 15) is 0 Å². The van der Waals surface area contributed by atoms with Crippen LogP contribution in [0.4, 0.5) is 0 Å². The third-order valence-corrected chi connectivity index (χ3v) is 4.83. The Labute approximate surface area is 120 Å². The fraction of sp³-hybridized carbons (Fsp3) is 0.500. The number of likely N-dealkylation sites (tertiary alicyclic amines) is 1. The van der Waals surface area contributed by atoms with Gasteiger partial charge in [0.1, 0.15) is 0 Å². The van der Waals surface area contributed by atoms with Crippen LogP contribution in [0.5, 0.6) is 0 Å². The number of hydrogen-bond acceptors (Lipinski definition) is 2. The van der Waals surface area contributed by atoms with E-state index in [0.29, 0.717) is 0 Å². The minimum Gasteiger partial charge on any atom is -0.298 e. The number of fused-ring (bicyclic) bond motifs is 2. The summed E-state index contributed by atoms with van der Waals surface area (Å²) in [6.45, 7) is 3.45. The Hall–Kier alpha value is -0.830. The molecule has 2 saturated heterocycles. The quantitative estimate of drug-likeness (QED) is 0.837. The van der Waals surface area contributed by atoms with Crippen LogP contribution in [-0.2, 0) is 0 Å². The third kappa shape index (κ3) is 2.86. The van der Waals surface area contributed by atoms with Gasteiger partial charge in [-0.1, -0.05) is 42.0 Å². The highest BCUT2D eigenvalue weighted by Crippen LogP contribution is 2.28. The van der Waals surface area contributed by atoms with Crippen molar-refractivity contribution < 1.29 is 0 Å². The predicted molar refractivity (Wildman–Crippen MR) is 81.5 cm³/mol. The lowest BCUT2D eigenvalue weighted by Crippen LogP contribution is -2.51. The van der Waals surface area contributed by atoms with Gasteiger partial charge < -0.3 is 0 Å². The summed E-state index contributed by atoms with van der Waals surface area (Å²) in [7, 11) is 2.28. The minimum atomic E-state index is 0.771. The molecule has 0 amide bonds. The Morgan fingerprint density at radius 1 is 1.21 bits per heavy atom. The Morgan fingerprint density at radius 3 is 2.58 bits per heavy atom. The van der Waals surface area contributed by atoms with E-state index in [2.05, 4.69) is 35.1 Å². The zero-order valence-corrected chi connectivity index (χ0v) is 12.2. The molecule has 2 aliphatic rings. The maximum atomic E-state index is 6.15. The summed E-state index contributed by atoms with van der Waals surface area (Å²) in [5.74, 6) is 0. The second kappa shape index (κ2) is 5.66. The first-order valence-corrected chi connectivity index (χ1v) is 7.47. The highest BCUT2D eigenvalue weighted by molar-refractivity contribution is 6.32. The standard InChI is InChI=1S/C16H21ClN2/c1-18-14-8-9-15(18)12-19(11-14)10-4-6-13-5-2-3-7-16(13)17/h2-7,14-15H,8-12H2,1H3/b6-4+. The van der Waals surface area contributed by atoms with E-state index in [1.807, 2.05) is 18.2 Å². The van der Waals surface area contributed by atoms with Crippen LogP contribution in [0.2, 0.25) is 5.02 Å². The molecular weight excluding hydrogens is 256 g/mol. The number of nitrogens with zero attached hydrogens (tertiary/aromatic N) is 2. The summed E-state index contributed by atoms with van der Waals surface area (Å²) in [5.41, 5.74) is 1.11. The Balaban J connectivity index is 1.57. The van der Waals surface area contributed by atoms with Gasteiger partial charge >= 0.3 is 0 Å². The average molecular weight is 277 g/mol. The van der Waals surface area contributed by atoms with E-state index in [4.69, 9.17) is 11.6 Å². The fourth-order valence-corrected chi connectivity index (χ4v) is 3.49. The average Bonchev–Trinajstić information content (AvgIpc) is 2.64. The van der Waals surface area contributed by atoms with Crippen LogP contribution in [-0.4, -0.2) is 48.6 Å². The van der Waals surface area contributed by atoms with Gasteiger partial charge in [0, 0.05) is 36.7 Å². The second-order valence-electron chi connectivity index (χ2n) is 5.69. The molecule has 0 spiro atoms. The Bertz CT molecular complexity index is 458. The molecule has 0 aliphatic carbocycles. The number of benzene rings is 1. The van der Waals surface area contributed by atoms with Gasteiger partial charge in [0.2, 0.25) is 0 Å². The molecule has 3 heteroatoms. The zero-order chi connectivity index (χ0) is 13.2. The van der Waals surface area contributed by atoms with Gasteiger partial charge in [-0.05, 0) is 31.5 Å². The van der Waals surface area contributed by atoms with Crippen molar-refractivity contribution in [2.45, 2.75) is 24.9 Å². The van der Waals surface area contributed by atoms with Crippen LogP contribution < -0.4 is 0 Å². The summed E-state index contributed by atoms with van der Waals surface area (Å²) < 4.78 is 0. The lowest BCUT2D eigenvalue weighted by atomic mass is 10.2. The van der Waals surface area contributed by atoms with E-state index < -0.39 is 0 Å². The van der Waals surface area contributed by atoms with Crippen LogP contribution >= 0.6 is 11.6 Å². The van der Waals surface area contributed by atoms with Crippen molar-refractivity contribution in [2.75, 3.05) is 26.7 Å². The van der Waals surface area contributed by atoms with Crippen LogP contribution in [0.1, 0.15) is 18.4 Å². The fourth-order valence-electron chi connectivity index (χ4n) is 3.29. The number of piperazine rings is 1. The number of halogens is 1. The lowest BCUT2D eigenvalue weighted by Gasteiger charge is -2.38. The molecule has 2 atom stereocenters. The molecule has 19 heavy (non-hydrogen) atoms. The molecule has 2 aliphatic heterocycles. The van der Waals surface area contributed by atoms with E-state index in [-0.39, 0.29) is 0 Å². The highest BCUT2D eigenvalue weighted by atomic mass is 35.5. The molecule has 2 bridgehead atoms. The van der Waals surface area contributed by atoms with Gasteiger partial charge in [0.15, 0.2) is 0 Å². The molecule has 2 nitrogen and oxygen atoms in total. The maximum absolute atomic E-state index is 6.15. The summed E-state index contributed by atoms with van der Waals surface area (Å²) in [6.07, 6.45) is 7.12. The summed E-state index contributed by atoms with van der Waals surface area (Å²) in [6, 6.07) is 9.54. The summed E-state index contributed by atoms with van der Waals surface area (Å²) >= 11 is 6.15. The number of hydrogen-bond donors (Lipinski definition) is 0. The molecule has 2 heterocycles. The first-order valence-electron chi connectivity index (χ1n) is 7.09. The van der Waals surface area contributed by atoms with Gasteiger partial charge in [-0.2, -0.15) is 0 Å². The molecule has 1 aromatic carbocycles. The number of rotatable bonds is 3. The molecule has 2 unspecified atom stereocenters. The van der Waals surface area contributed by atoms with E-state index >= 15 is 0 Å². The first kappa shape index (κ1) is 13.2. The molecule has 2 fully saturated rings. The molecule has 3 rings (SSSR count). The SMILES string of the molecule is CN1C2CCC1CN(C/C=C/c1ccccc1Cl)C2. The zero-order valence-electron chi connectivity index (χ0n) is 11.4. The summed E-state index contributed by atoms with van der Waals surface area (Å²) in [5, 5.41) is 0.831. The number of likely N-dealkylation sites (N-methyl/N-ethyl adjacent to an activating group) is 1. The molecule has 1 aromatic rings. The Kier molecular flexibility index (Phi) is 3.92. The van der Waals surface area contributed by atoms with Gasteiger partial charge in [0.05, 0.1) is 0 Å². The summed E-state index contributed by atoms with van der Waals surface area (Å²) in [4.78, 5) is 5.13. The maximum Gasteiger partial charge on any atom is 0.0478 e. The normalized spacial score (nSPS) is 28.3. The Morgan fingerprint density at radius 2 is 1.89 bits per heavy atom. The van der Waals surface area contributed by atoms with Crippen molar-refractivity contribution in [2.24, 2.45) is 0 Å². The molecule has 0 N–H and O–H groups in total. The van der Waals surface area contributed by atoms with E-state index in [1.165, 1.54) is 25.9 Å². The van der Waals surface area contributed by atoms with Gasteiger partial charge in [0.25, 0.3) is 0 Å². The molecule has 0 aromatic heterocycles. The predicted octanol–water partition coefficient (Wildman–Crippen LogP) is 3.13. The van der Waals surface area contributed by atoms with Crippen molar-refractivity contribution in [1.82, 2.24) is 9.80 Å². The van der Waals surface area contributed by atoms with Crippen molar-refractivity contribution in [1.29, 1.82) is 0 Å². The molecule has 0 radical (unpaired) electrons. The minimum absolute atomic E-state index is 0.771. The second-order valence-corrected chi connectivity index (χ2v) is 6.10. The largest absolute Gasteiger partial charge is 0.298 e. The third-order valence-electron chi connectivity index (χ3n) is 4.49. The van der Waals surface area contributed by atoms with Gasteiger partial charge in [-0.3, -0.25) is 9.80 Å². The van der Waals surface area contributed by atoms with Gasteiger partial charge in [-0.25, -0.2) is 0 Å². The van der Waals surface area contributed by atoms with E-state index in [1.54, 1.807) is 0 Å². The van der Waals surface area contributed by atoms with Crippen molar-refractivity contribution in [3.63, 3.8) is 0 Å². The van der Waals surface area contributed by atoms with Crippen LogP contribution in [0.25, 0.3) is 6.08 Å². The van der Waals surface area contributed by atoms with E-state index in [0.717, 1.165) is 29.2 Å². The smallest absolute Gasteiger partial charge is 0.0478 e. The highest BCUT2D eigenvalue weighted by Gasteiger charge is 2.36. The molecule has 102 valence electrons.